The van der Waals surface area contributed by atoms with Gasteiger partial charge in [-0.1, -0.05) is 0 Å². The van der Waals surface area contributed by atoms with Crippen molar-refractivity contribution in [2.24, 2.45) is 0 Å². The third-order valence-electron chi connectivity index (χ3n) is 3.69. The summed E-state index contributed by atoms with van der Waals surface area (Å²) in [5, 5.41) is 12.7. The summed E-state index contributed by atoms with van der Waals surface area (Å²) in [6.45, 7) is 4.33. The molecule has 1 aliphatic heterocycles. The molecule has 114 valence electrons. The molecular formula is C15H19IN3O2-. The standard InChI is InChI=1S/C15H19IN3O2/c1-9(2)10-4-3-7-19-12(8-17-14(10)19)16-11-5-6-13(20)18-15(11)21/h3-4,7-9,11,15,21H,5-6H2,1-2H3,(H,18,20)/q-1. The van der Waals surface area contributed by atoms with Crippen LogP contribution in [-0.4, -0.2) is 30.6 Å². The Bertz CT molecular complexity index is 668. The van der Waals surface area contributed by atoms with Crippen LogP contribution < -0.4 is 26.5 Å². The fraction of sp³-hybridized carbons (Fsp3) is 0.467. The van der Waals surface area contributed by atoms with Gasteiger partial charge in [0.2, 0.25) is 0 Å². The third-order valence-corrected chi connectivity index (χ3v) is 7.23. The number of piperidine rings is 1. The number of carbonyl (C=O) groups is 1. The van der Waals surface area contributed by atoms with E-state index in [2.05, 4.69) is 40.7 Å². The van der Waals surface area contributed by atoms with Gasteiger partial charge in [0.1, 0.15) is 0 Å². The number of aliphatic hydroxyl groups is 1. The number of rotatable bonds is 3. The molecule has 3 rings (SSSR count). The Labute approximate surface area is 134 Å². The number of hydrogen-bond donors (Lipinski definition) is 2. The Morgan fingerprint density at radius 2 is 2.33 bits per heavy atom. The molecule has 2 aromatic heterocycles. The van der Waals surface area contributed by atoms with Gasteiger partial charge in [0.05, 0.1) is 0 Å². The molecule has 3 heterocycles. The third kappa shape index (κ3) is 2.91. The van der Waals surface area contributed by atoms with Gasteiger partial charge in [-0.15, -0.1) is 0 Å². The molecule has 2 aromatic rings. The molecule has 0 radical (unpaired) electrons. The van der Waals surface area contributed by atoms with Gasteiger partial charge in [0.15, 0.2) is 0 Å². The molecule has 1 amide bonds. The SMILES string of the molecule is CC(C)c1cccn2c([I-]C3CCC(=O)NC3O)cnc12. The fourth-order valence-electron chi connectivity index (χ4n) is 2.55. The van der Waals surface area contributed by atoms with E-state index in [1.54, 1.807) is 0 Å². The van der Waals surface area contributed by atoms with Crippen LogP contribution in [0.15, 0.2) is 24.5 Å². The van der Waals surface area contributed by atoms with Crippen LogP contribution >= 0.6 is 0 Å². The summed E-state index contributed by atoms with van der Waals surface area (Å²) in [6.07, 6.45) is 4.53. The van der Waals surface area contributed by atoms with Gasteiger partial charge in [-0.05, 0) is 0 Å². The molecule has 21 heavy (non-hydrogen) atoms. The number of nitrogens with one attached hydrogen (secondary N) is 1. The van der Waals surface area contributed by atoms with E-state index in [0.29, 0.717) is 12.3 Å². The van der Waals surface area contributed by atoms with Gasteiger partial charge in [-0.2, -0.15) is 0 Å². The first kappa shape index (κ1) is 14.8. The van der Waals surface area contributed by atoms with Crippen LogP contribution in [0.3, 0.4) is 0 Å². The van der Waals surface area contributed by atoms with Crippen LogP contribution in [0.25, 0.3) is 5.65 Å². The van der Waals surface area contributed by atoms with Crippen molar-refractivity contribution in [3.63, 3.8) is 0 Å². The maximum atomic E-state index is 11.3. The van der Waals surface area contributed by atoms with Gasteiger partial charge in [0, 0.05) is 0 Å². The Morgan fingerprint density at radius 1 is 1.52 bits per heavy atom. The molecule has 0 aromatic carbocycles. The predicted octanol–water partition coefficient (Wildman–Crippen LogP) is -1.69. The van der Waals surface area contributed by atoms with Crippen LogP contribution in [0.1, 0.15) is 38.2 Å². The first-order valence-electron chi connectivity index (χ1n) is 7.13. The molecule has 5 nitrogen and oxygen atoms in total. The molecule has 2 unspecified atom stereocenters. The Hall–Kier alpha value is -1.15. The molecule has 1 aliphatic rings. The second-order valence-electron chi connectivity index (χ2n) is 5.57. The molecule has 1 saturated heterocycles. The van der Waals surface area contributed by atoms with Crippen LogP contribution in [0, 0.1) is 3.70 Å². The molecule has 0 saturated carbocycles. The number of aliphatic hydroxyl groups excluding tert-OH is 1. The molecule has 0 spiro atoms. The van der Waals surface area contributed by atoms with Crippen molar-refractivity contribution < 1.29 is 31.1 Å². The summed E-state index contributed by atoms with van der Waals surface area (Å²) in [6, 6.07) is 4.17. The minimum absolute atomic E-state index is 0.0528. The average Bonchev–Trinajstić information content (AvgIpc) is 2.85. The van der Waals surface area contributed by atoms with E-state index in [1.807, 2.05) is 12.4 Å². The minimum atomic E-state index is -0.710. The summed E-state index contributed by atoms with van der Waals surface area (Å²) >= 11 is -0.416. The number of halogens is 1. The molecule has 2 N–H and O–H groups in total. The van der Waals surface area contributed by atoms with Crippen molar-refractivity contribution in [1.82, 2.24) is 14.7 Å². The zero-order valence-electron chi connectivity index (χ0n) is 12.1. The zero-order chi connectivity index (χ0) is 15.0. The second kappa shape index (κ2) is 5.92. The van der Waals surface area contributed by atoms with E-state index in [1.165, 1.54) is 9.26 Å². The van der Waals surface area contributed by atoms with Crippen molar-refractivity contribution in [3.8, 4) is 0 Å². The summed E-state index contributed by atoms with van der Waals surface area (Å²) < 4.78 is 3.49. The van der Waals surface area contributed by atoms with E-state index in [4.69, 9.17) is 0 Å². The molecule has 1 fully saturated rings. The molecular weight excluding hydrogens is 381 g/mol. The van der Waals surface area contributed by atoms with E-state index in [9.17, 15) is 9.90 Å². The van der Waals surface area contributed by atoms with Crippen molar-refractivity contribution in [2.45, 2.75) is 42.8 Å². The molecule has 6 heteroatoms. The average molecular weight is 400 g/mol. The molecule has 2 atom stereocenters. The monoisotopic (exact) mass is 400 g/mol. The first-order valence-corrected chi connectivity index (χ1v) is 9.45. The van der Waals surface area contributed by atoms with Crippen LogP contribution in [0.2, 0.25) is 0 Å². The summed E-state index contributed by atoms with van der Waals surface area (Å²) in [4.78, 5) is 15.8. The van der Waals surface area contributed by atoms with Gasteiger partial charge in [-0.3, -0.25) is 0 Å². The number of carbonyl (C=O) groups excluding carboxylic acids is 1. The van der Waals surface area contributed by atoms with E-state index >= 15 is 0 Å². The van der Waals surface area contributed by atoms with Crippen LogP contribution in [-0.2, 0) is 4.79 Å². The van der Waals surface area contributed by atoms with Crippen molar-refractivity contribution in [3.05, 3.63) is 33.8 Å². The number of hydrogen-bond acceptors (Lipinski definition) is 3. The van der Waals surface area contributed by atoms with Gasteiger partial charge < -0.3 is 0 Å². The molecule has 0 bridgehead atoms. The number of fused-ring (bicyclic) bond motifs is 1. The van der Waals surface area contributed by atoms with Crippen molar-refractivity contribution >= 4 is 11.6 Å². The summed E-state index contributed by atoms with van der Waals surface area (Å²) in [5.41, 5.74) is 2.25. The van der Waals surface area contributed by atoms with Gasteiger partial charge in [-0.25, -0.2) is 0 Å². The summed E-state index contributed by atoms with van der Waals surface area (Å²) in [5.74, 6) is 0.379. The number of nitrogens with zero attached hydrogens (tertiary/aromatic N) is 2. The predicted molar refractivity (Wildman–Crippen MR) is 75.1 cm³/mol. The Balaban J connectivity index is 1.88. The van der Waals surface area contributed by atoms with Gasteiger partial charge in [0.25, 0.3) is 0 Å². The summed E-state index contributed by atoms with van der Waals surface area (Å²) in [7, 11) is 0. The van der Waals surface area contributed by atoms with Crippen LogP contribution in [0.4, 0.5) is 0 Å². The van der Waals surface area contributed by atoms with Crippen molar-refractivity contribution in [1.29, 1.82) is 0 Å². The fourth-order valence-corrected chi connectivity index (χ4v) is 5.50. The van der Waals surface area contributed by atoms with E-state index < -0.39 is 27.4 Å². The van der Waals surface area contributed by atoms with E-state index in [-0.39, 0.29) is 9.83 Å². The second-order valence-corrected chi connectivity index (χ2v) is 8.90. The first-order chi connectivity index (χ1) is 10.1. The van der Waals surface area contributed by atoms with Gasteiger partial charge >= 0.3 is 134 Å². The Kier molecular flexibility index (Phi) is 4.17. The normalized spacial score (nSPS) is 23.0. The van der Waals surface area contributed by atoms with Crippen molar-refractivity contribution in [2.75, 3.05) is 0 Å². The Morgan fingerprint density at radius 3 is 3.05 bits per heavy atom. The van der Waals surface area contributed by atoms with Crippen LogP contribution in [0.5, 0.6) is 0 Å². The topological polar surface area (TPSA) is 66.6 Å². The quantitative estimate of drug-likeness (QED) is 0.478. The number of imidazole rings is 1. The number of alkyl halides is 1. The number of aromatic nitrogens is 2. The number of pyridine rings is 1. The van der Waals surface area contributed by atoms with E-state index in [0.717, 1.165) is 12.1 Å². The zero-order valence-corrected chi connectivity index (χ0v) is 14.2. The number of amides is 1. The maximum absolute atomic E-state index is 11.3. The molecule has 0 aliphatic carbocycles.